The summed E-state index contributed by atoms with van der Waals surface area (Å²) in [6, 6.07) is 33.6. The smallest absolute Gasteiger partial charge is 0.128 e. The minimum atomic E-state index is 0.912. The van der Waals surface area contributed by atoms with Gasteiger partial charge in [-0.2, -0.15) is 0 Å². The van der Waals surface area contributed by atoms with Gasteiger partial charge in [0, 0.05) is 60.9 Å². The van der Waals surface area contributed by atoms with Gasteiger partial charge in [-0.15, -0.1) is 0 Å². The van der Waals surface area contributed by atoms with Crippen molar-refractivity contribution in [3.05, 3.63) is 97.1 Å². The predicted octanol–water partition coefficient (Wildman–Crippen LogP) is 7.35. The molecule has 40 heavy (non-hydrogen) atoms. The van der Waals surface area contributed by atoms with Crippen molar-refractivity contribution < 1.29 is 0 Å². The van der Waals surface area contributed by atoms with Crippen molar-refractivity contribution in [1.82, 2.24) is 19.9 Å². The largest absolute Gasteiger partial charge is 0.363 e. The van der Waals surface area contributed by atoms with Crippen molar-refractivity contribution in [2.45, 2.75) is 0 Å². The molecule has 0 N–H and O–H groups in total. The number of benzene rings is 3. The van der Waals surface area contributed by atoms with E-state index in [1.54, 1.807) is 0 Å². The number of pyridine rings is 4. The fraction of sp³-hybridized carbons (Fsp3) is 0.118. The number of hydrogen-bond acceptors (Lipinski definition) is 6. The van der Waals surface area contributed by atoms with Gasteiger partial charge in [0.15, 0.2) is 0 Å². The van der Waals surface area contributed by atoms with Gasteiger partial charge in [0.05, 0.1) is 33.5 Å². The maximum absolute atomic E-state index is 5.07. The average molecular weight is 521 g/mol. The first-order valence-electron chi connectivity index (χ1n) is 13.3. The van der Waals surface area contributed by atoms with Crippen LogP contribution in [0.5, 0.6) is 0 Å². The lowest BCUT2D eigenvalue weighted by Crippen LogP contribution is -2.10. The zero-order valence-electron chi connectivity index (χ0n) is 22.9. The second-order valence-corrected chi connectivity index (χ2v) is 10.5. The highest BCUT2D eigenvalue weighted by Crippen LogP contribution is 2.31. The van der Waals surface area contributed by atoms with E-state index >= 15 is 0 Å². The molecule has 4 heterocycles. The van der Waals surface area contributed by atoms with Crippen LogP contribution in [-0.2, 0) is 0 Å². The molecule has 6 nitrogen and oxygen atoms in total. The summed E-state index contributed by atoms with van der Waals surface area (Å²) in [4.78, 5) is 24.0. The van der Waals surface area contributed by atoms with Gasteiger partial charge in [-0.1, -0.05) is 60.7 Å². The van der Waals surface area contributed by atoms with Crippen LogP contribution in [0.4, 0.5) is 11.6 Å². The molecule has 3 aromatic carbocycles. The molecule has 6 heteroatoms. The lowest BCUT2D eigenvalue weighted by molar-refractivity contribution is 1.08. The molecule has 0 spiro atoms. The van der Waals surface area contributed by atoms with Crippen molar-refractivity contribution >= 4 is 55.2 Å². The third kappa shape index (κ3) is 4.05. The first-order chi connectivity index (χ1) is 19.4. The Morgan fingerprint density at radius 2 is 0.650 bits per heavy atom. The molecule has 194 valence electrons. The molecular weight excluding hydrogens is 492 g/mol. The summed E-state index contributed by atoms with van der Waals surface area (Å²) in [5.41, 5.74) is 7.60. The summed E-state index contributed by atoms with van der Waals surface area (Å²) < 4.78 is 0. The zero-order valence-corrected chi connectivity index (χ0v) is 22.9. The van der Waals surface area contributed by atoms with E-state index in [4.69, 9.17) is 19.9 Å². The fourth-order valence-electron chi connectivity index (χ4n) is 5.15. The zero-order chi connectivity index (χ0) is 27.4. The van der Waals surface area contributed by atoms with Crippen LogP contribution in [0.2, 0.25) is 0 Å². The van der Waals surface area contributed by atoms with Gasteiger partial charge >= 0.3 is 0 Å². The molecule has 0 aliphatic heterocycles. The summed E-state index contributed by atoms with van der Waals surface area (Å²) >= 11 is 0. The Hall–Kier alpha value is -5.10. The predicted molar refractivity (Wildman–Crippen MR) is 167 cm³/mol. The maximum Gasteiger partial charge on any atom is 0.128 e. The number of nitrogens with zero attached hydrogens (tertiary/aromatic N) is 6. The summed E-state index contributed by atoms with van der Waals surface area (Å²) in [6.07, 6.45) is 0. The van der Waals surface area contributed by atoms with E-state index in [0.29, 0.717) is 0 Å². The normalized spacial score (nSPS) is 11.5. The Labute approximate surface area is 232 Å². The molecule has 0 amide bonds. The second-order valence-electron chi connectivity index (χ2n) is 10.5. The van der Waals surface area contributed by atoms with Crippen molar-refractivity contribution in [3.63, 3.8) is 0 Å². The van der Waals surface area contributed by atoms with Gasteiger partial charge in [0.1, 0.15) is 11.6 Å². The summed E-state index contributed by atoms with van der Waals surface area (Å²) in [5.74, 6) is 1.83. The highest BCUT2D eigenvalue weighted by molar-refractivity contribution is 6.05. The third-order valence-electron chi connectivity index (χ3n) is 7.40. The Bertz CT molecular complexity index is 1910. The molecule has 0 saturated heterocycles. The molecule has 0 aliphatic carbocycles. The van der Waals surface area contributed by atoms with Crippen molar-refractivity contribution in [3.8, 4) is 22.5 Å². The summed E-state index contributed by atoms with van der Waals surface area (Å²) in [7, 11) is 8.02. The van der Waals surface area contributed by atoms with Gasteiger partial charge in [0.25, 0.3) is 0 Å². The lowest BCUT2D eigenvalue weighted by atomic mass is 10.0. The van der Waals surface area contributed by atoms with Gasteiger partial charge < -0.3 is 9.80 Å². The molecule has 0 saturated carbocycles. The maximum atomic E-state index is 5.07. The second kappa shape index (κ2) is 9.27. The van der Waals surface area contributed by atoms with E-state index in [1.165, 1.54) is 0 Å². The summed E-state index contributed by atoms with van der Waals surface area (Å²) in [6.45, 7) is 0. The van der Waals surface area contributed by atoms with Gasteiger partial charge in [-0.05, 0) is 36.4 Å². The Morgan fingerprint density at radius 3 is 1.00 bits per heavy atom. The topological polar surface area (TPSA) is 58.0 Å². The van der Waals surface area contributed by atoms with Crippen molar-refractivity contribution in [1.29, 1.82) is 0 Å². The van der Waals surface area contributed by atoms with Crippen molar-refractivity contribution in [2.24, 2.45) is 0 Å². The number of aromatic nitrogens is 4. The Kier molecular flexibility index (Phi) is 5.56. The average Bonchev–Trinajstić information content (AvgIpc) is 2.99. The highest BCUT2D eigenvalue weighted by atomic mass is 15.1. The molecular formula is C34H28N6. The third-order valence-corrected chi connectivity index (χ3v) is 7.40. The van der Waals surface area contributed by atoms with Gasteiger partial charge in [0.2, 0.25) is 0 Å². The Balaban J connectivity index is 1.29. The standard InChI is InChI=1S/C34H28N6/c1-39(2)29-19-15-25-11-9-23-13-17-27(35-31(23)33(25)37-29)21-5-7-22(8-6-21)28-18-14-24-10-12-26-16-20-30(40(3)4)38-34(26)32(24)36-28/h5-20H,1-4H3. The van der Waals surface area contributed by atoms with E-state index in [1.807, 2.05) is 50.1 Å². The molecule has 0 fully saturated rings. The first kappa shape index (κ1) is 24.0. The molecule has 7 aromatic rings. The van der Waals surface area contributed by atoms with Crippen LogP contribution in [0, 0.1) is 0 Å². The van der Waals surface area contributed by atoms with E-state index in [-0.39, 0.29) is 0 Å². The molecule has 0 aliphatic rings. The van der Waals surface area contributed by atoms with Crippen LogP contribution in [0.3, 0.4) is 0 Å². The minimum Gasteiger partial charge on any atom is -0.363 e. The van der Waals surface area contributed by atoms with Crippen LogP contribution < -0.4 is 9.80 Å². The summed E-state index contributed by atoms with van der Waals surface area (Å²) in [5, 5.41) is 4.32. The minimum absolute atomic E-state index is 0.912. The molecule has 7 rings (SSSR count). The molecule has 0 atom stereocenters. The number of hydrogen-bond donors (Lipinski definition) is 0. The SMILES string of the molecule is CN(C)c1ccc2ccc3ccc(-c4ccc(-c5ccc6ccc7ccc(N(C)C)nc7c6n5)cc4)nc3c2n1. The van der Waals surface area contributed by atoms with E-state index in [0.717, 1.165) is 77.8 Å². The number of anilines is 2. The molecule has 0 radical (unpaired) electrons. The van der Waals surface area contributed by atoms with Gasteiger partial charge in [-0.25, -0.2) is 19.9 Å². The van der Waals surface area contributed by atoms with Crippen LogP contribution >= 0.6 is 0 Å². The number of rotatable bonds is 4. The van der Waals surface area contributed by atoms with Crippen LogP contribution in [0.1, 0.15) is 0 Å². The monoisotopic (exact) mass is 520 g/mol. The lowest BCUT2D eigenvalue weighted by Gasteiger charge is -2.13. The highest BCUT2D eigenvalue weighted by Gasteiger charge is 2.11. The van der Waals surface area contributed by atoms with Crippen LogP contribution in [0.25, 0.3) is 66.1 Å². The van der Waals surface area contributed by atoms with E-state index in [9.17, 15) is 0 Å². The van der Waals surface area contributed by atoms with Gasteiger partial charge in [-0.3, -0.25) is 0 Å². The first-order valence-corrected chi connectivity index (χ1v) is 13.3. The van der Waals surface area contributed by atoms with E-state index < -0.39 is 0 Å². The van der Waals surface area contributed by atoms with E-state index in [2.05, 4.69) is 84.9 Å². The Morgan fingerprint density at radius 1 is 0.350 bits per heavy atom. The van der Waals surface area contributed by atoms with Crippen LogP contribution in [-0.4, -0.2) is 48.1 Å². The quantitative estimate of drug-likeness (QED) is 0.226. The molecule has 0 unspecified atom stereocenters. The molecule has 0 bridgehead atoms. The van der Waals surface area contributed by atoms with Crippen LogP contribution in [0.15, 0.2) is 97.1 Å². The number of fused-ring (bicyclic) bond motifs is 6. The van der Waals surface area contributed by atoms with Crippen molar-refractivity contribution in [2.75, 3.05) is 38.0 Å². The fourth-order valence-corrected chi connectivity index (χ4v) is 5.15. The molecule has 4 aromatic heterocycles.